The Morgan fingerprint density at radius 2 is 2.00 bits per heavy atom. The van der Waals surface area contributed by atoms with E-state index in [0.29, 0.717) is 17.4 Å². The molecule has 8 nitrogen and oxygen atoms in total. The first-order valence-electron chi connectivity index (χ1n) is 9.15. The maximum Gasteiger partial charge on any atom is 0.254 e. The molecule has 1 saturated carbocycles. The highest BCUT2D eigenvalue weighted by atomic mass is 16.1. The van der Waals surface area contributed by atoms with Crippen molar-refractivity contribution in [3.05, 3.63) is 54.6 Å². The summed E-state index contributed by atoms with van der Waals surface area (Å²) >= 11 is 0. The minimum atomic E-state index is -0.251. The van der Waals surface area contributed by atoms with Crippen LogP contribution in [0.3, 0.4) is 0 Å². The molecule has 0 saturated heterocycles. The van der Waals surface area contributed by atoms with Crippen molar-refractivity contribution in [1.29, 1.82) is 0 Å². The second-order valence-corrected chi connectivity index (χ2v) is 6.77. The fourth-order valence-corrected chi connectivity index (χ4v) is 3.46. The lowest BCUT2D eigenvalue weighted by molar-refractivity contribution is 0.0936. The SMILES string of the molecule is CC(NC(=O)c1cnc(-c2cccnc2)nc1)c1nncn1C1CCCC1. The highest BCUT2D eigenvalue weighted by Gasteiger charge is 2.23. The van der Waals surface area contributed by atoms with Crippen LogP contribution in [0.5, 0.6) is 0 Å². The number of nitrogens with one attached hydrogen (secondary N) is 1. The summed E-state index contributed by atoms with van der Waals surface area (Å²) < 4.78 is 2.10. The molecule has 8 heteroatoms. The Morgan fingerprint density at radius 3 is 2.70 bits per heavy atom. The van der Waals surface area contributed by atoms with E-state index in [1.165, 1.54) is 25.2 Å². The maximum atomic E-state index is 12.6. The van der Waals surface area contributed by atoms with E-state index in [2.05, 4.69) is 35.0 Å². The van der Waals surface area contributed by atoms with E-state index in [0.717, 1.165) is 24.2 Å². The Labute approximate surface area is 157 Å². The van der Waals surface area contributed by atoms with Crippen LogP contribution in [0, 0.1) is 0 Å². The smallest absolute Gasteiger partial charge is 0.254 e. The minimum absolute atomic E-state index is 0.235. The summed E-state index contributed by atoms with van der Waals surface area (Å²) in [6.45, 7) is 1.91. The van der Waals surface area contributed by atoms with Gasteiger partial charge in [0.2, 0.25) is 0 Å². The van der Waals surface area contributed by atoms with E-state index in [1.807, 2.05) is 19.1 Å². The number of carbonyl (C=O) groups excluding carboxylic acids is 1. The number of aromatic nitrogens is 6. The lowest BCUT2D eigenvalue weighted by Crippen LogP contribution is -2.29. The average Bonchev–Trinajstić information content (AvgIpc) is 3.40. The van der Waals surface area contributed by atoms with Crippen molar-refractivity contribution in [2.45, 2.75) is 44.7 Å². The average molecular weight is 363 g/mol. The molecule has 4 rings (SSSR count). The van der Waals surface area contributed by atoms with Gasteiger partial charge in [0.1, 0.15) is 6.33 Å². The molecule has 1 fully saturated rings. The monoisotopic (exact) mass is 363 g/mol. The van der Waals surface area contributed by atoms with Gasteiger partial charge in [0.15, 0.2) is 11.6 Å². The molecule has 0 radical (unpaired) electrons. The molecule has 1 aliphatic carbocycles. The molecule has 0 bridgehead atoms. The first kappa shape index (κ1) is 17.3. The molecule has 3 aromatic rings. The lowest BCUT2D eigenvalue weighted by Gasteiger charge is -2.18. The van der Waals surface area contributed by atoms with E-state index in [4.69, 9.17) is 0 Å². The van der Waals surface area contributed by atoms with Gasteiger partial charge in [0.25, 0.3) is 5.91 Å². The minimum Gasteiger partial charge on any atom is -0.342 e. The zero-order valence-electron chi connectivity index (χ0n) is 15.1. The number of amides is 1. The summed E-state index contributed by atoms with van der Waals surface area (Å²) in [7, 11) is 0. The zero-order chi connectivity index (χ0) is 18.6. The van der Waals surface area contributed by atoms with E-state index in [1.54, 1.807) is 18.7 Å². The predicted molar refractivity (Wildman–Crippen MR) is 98.7 cm³/mol. The molecule has 138 valence electrons. The zero-order valence-corrected chi connectivity index (χ0v) is 15.1. The molecule has 0 aliphatic heterocycles. The van der Waals surface area contributed by atoms with Gasteiger partial charge in [-0.2, -0.15) is 0 Å². The molecule has 1 aliphatic rings. The number of nitrogens with zero attached hydrogens (tertiary/aromatic N) is 6. The Hall–Kier alpha value is -3.16. The lowest BCUT2D eigenvalue weighted by atomic mass is 10.2. The highest BCUT2D eigenvalue weighted by Crippen LogP contribution is 2.31. The quantitative estimate of drug-likeness (QED) is 0.748. The van der Waals surface area contributed by atoms with Crippen molar-refractivity contribution in [3.8, 4) is 11.4 Å². The van der Waals surface area contributed by atoms with E-state index in [-0.39, 0.29) is 11.9 Å². The van der Waals surface area contributed by atoms with E-state index >= 15 is 0 Å². The summed E-state index contributed by atoms with van der Waals surface area (Å²) in [6.07, 6.45) is 12.9. The Balaban J connectivity index is 1.45. The van der Waals surface area contributed by atoms with E-state index in [9.17, 15) is 4.79 Å². The highest BCUT2D eigenvalue weighted by molar-refractivity contribution is 5.93. The van der Waals surface area contributed by atoms with Gasteiger partial charge in [0.05, 0.1) is 11.6 Å². The third-order valence-electron chi connectivity index (χ3n) is 4.89. The molecule has 3 heterocycles. The predicted octanol–water partition coefficient (Wildman–Crippen LogP) is 2.74. The molecule has 0 aromatic carbocycles. The summed E-state index contributed by atoms with van der Waals surface area (Å²) in [5.74, 6) is 1.08. The standard InChI is InChI=1S/C19H21N7O/c1-13(18-25-23-12-26(18)16-6-2-3-7-16)24-19(27)15-10-21-17(22-11-15)14-5-4-8-20-9-14/h4-5,8-13,16H,2-3,6-7H2,1H3,(H,24,27). The Morgan fingerprint density at radius 1 is 1.22 bits per heavy atom. The van der Waals surface area contributed by atoms with Crippen LogP contribution in [0.4, 0.5) is 0 Å². The topological polar surface area (TPSA) is 98.5 Å². The number of pyridine rings is 1. The largest absolute Gasteiger partial charge is 0.342 e. The van der Waals surface area contributed by atoms with Gasteiger partial charge >= 0.3 is 0 Å². The molecule has 1 N–H and O–H groups in total. The summed E-state index contributed by atoms with van der Waals surface area (Å²) in [5, 5.41) is 11.2. The number of hydrogen-bond donors (Lipinski definition) is 1. The molecular weight excluding hydrogens is 342 g/mol. The van der Waals surface area contributed by atoms with Gasteiger partial charge < -0.3 is 9.88 Å². The van der Waals surface area contributed by atoms with Gasteiger partial charge in [-0.05, 0) is 31.9 Å². The molecule has 1 amide bonds. The molecule has 1 atom stereocenters. The number of carbonyl (C=O) groups is 1. The van der Waals surface area contributed by atoms with Crippen LogP contribution in [0.1, 0.15) is 60.9 Å². The third-order valence-corrected chi connectivity index (χ3v) is 4.89. The van der Waals surface area contributed by atoms with Crippen molar-refractivity contribution >= 4 is 5.91 Å². The van der Waals surface area contributed by atoms with Gasteiger partial charge in [-0.25, -0.2) is 9.97 Å². The second kappa shape index (κ2) is 7.61. The van der Waals surface area contributed by atoms with Crippen molar-refractivity contribution < 1.29 is 4.79 Å². The molecule has 27 heavy (non-hydrogen) atoms. The number of rotatable bonds is 5. The van der Waals surface area contributed by atoms with Crippen LogP contribution in [0.15, 0.2) is 43.2 Å². The normalized spacial score (nSPS) is 15.6. The summed E-state index contributed by atoms with van der Waals surface area (Å²) in [4.78, 5) is 25.2. The van der Waals surface area contributed by atoms with Gasteiger partial charge in [-0.3, -0.25) is 9.78 Å². The molecule has 1 unspecified atom stereocenters. The van der Waals surface area contributed by atoms with Crippen LogP contribution < -0.4 is 5.32 Å². The fraction of sp³-hybridized carbons (Fsp3) is 0.368. The van der Waals surface area contributed by atoms with Crippen molar-refractivity contribution in [2.24, 2.45) is 0 Å². The number of hydrogen-bond acceptors (Lipinski definition) is 6. The van der Waals surface area contributed by atoms with Crippen LogP contribution in [0.25, 0.3) is 11.4 Å². The van der Waals surface area contributed by atoms with Gasteiger partial charge in [0, 0.05) is 36.4 Å². The fourth-order valence-electron chi connectivity index (χ4n) is 3.46. The van der Waals surface area contributed by atoms with Gasteiger partial charge in [-0.1, -0.05) is 12.8 Å². The van der Waals surface area contributed by atoms with Crippen LogP contribution in [-0.2, 0) is 0 Å². The van der Waals surface area contributed by atoms with Crippen molar-refractivity contribution in [3.63, 3.8) is 0 Å². The summed E-state index contributed by atoms with van der Waals surface area (Å²) in [5.41, 5.74) is 1.21. The van der Waals surface area contributed by atoms with Crippen molar-refractivity contribution in [2.75, 3.05) is 0 Å². The molecular formula is C19H21N7O. The Kier molecular flexibility index (Phi) is 4.86. The maximum absolute atomic E-state index is 12.6. The first-order chi connectivity index (χ1) is 13.2. The van der Waals surface area contributed by atoms with E-state index < -0.39 is 0 Å². The summed E-state index contributed by atoms with van der Waals surface area (Å²) in [6, 6.07) is 3.87. The molecule has 3 aromatic heterocycles. The molecule has 0 spiro atoms. The van der Waals surface area contributed by atoms with Crippen molar-refractivity contribution in [1.82, 2.24) is 35.0 Å². The first-order valence-corrected chi connectivity index (χ1v) is 9.15. The van der Waals surface area contributed by atoms with Crippen LogP contribution in [0.2, 0.25) is 0 Å². The van der Waals surface area contributed by atoms with Gasteiger partial charge in [-0.15, -0.1) is 10.2 Å². The third kappa shape index (κ3) is 3.69. The van der Waals surface area contributed by atoms with Crippen LogP contribution in [-0.4, -0.2) is 35.6 Å². The second-order valence-electron chi connectivity index (χ2n) is 6.77. The van der Waals surface area contributed by atoms with Crippen LogP contribution >= 0.6 is 0 Å². The Bertz CT molecular complexity index is 901.